The summed E-state index contributed by atoms with van der Waals surface area (Å²) in [6.45, 7) is 4.19. The Hall–Kier alpha value is -2.11. The molecule has 0 saturated heterocycles. The van der Waals surface area contributed by atoms with E-state index in [1.807, 2.05) is 0 Å². The second-order valence-corrected chi connectivity index (χ2v) is 13.5. The molecule has 0 rings (SSSR count). The first-order valence-corrected chi connectivity index (χ1v) is 20.0. The molecule has 1 amide bonds. The number of allylic oxidation sites excluding steroid dienone is 4. The lowest BCUT2D eigenvalue weighted by molar-refractivity contribution is -0.150. The quantitative estimate of drug-likeness (QED) is 0.0396. The van der Waals surface area contributed by atoms with Crippen molar-refractivity contribution in [2.45, 2.75) is 213 Å². The highest BCUT2D eigenvalue weighted by atomic mass is 16.5. The van der Waals surface area contributed by atoms with Gasteiger partial charge in [-0.15, -0.1) is 0 Å². The largest absolute Gasteiger partial charge is 0.480 e. The Morgan fingerprint density at radius 1 is 0.553 bits per heavy atom. The molecule has 0 radical (unpaired) electrons. The van der Waals surface area contributed by atoms with Crippen molar-refractivity contribution in [3.05, 3.63) is 24.3 Å². The van der Waals surface area contributed by atoms with Gasteiger partial charge in [0.2, 0.25) is 5.91 Å². The molecule has 0 fully saturated rings. The van der Waals surface area contributed by atoms with Gasteiger partial charge in [-0.25, -0.2) is 0 Å². The Morgan fingerprint density at radius 2 is 0.979 bits per heavy atom. The summed E-state index contributed by atoms with van der Waals surface area (Å²) in [5.41, 5.74) is 0. The molecular weight excluding hydrogens is 586 g/mol. The molecule has 1 unspecified atom stereocenters. The molecule has 0 heterocycles. The van der Waals surface area contributed by atoms with Crippen LogP contribution in [0.1, 0.15) is 206 Å². The number of hydrogen-bond donors (Lipinski definition) is 2. The van der Waals surface area contributed by atoms with Crippen molar-refractivity contribution in [1.29, 1.82) is 0 Å². The minimum Gasteiger partial charge on any atom is -0.480 e. The maximum atomic E-state index is 12.7. The number of carboxylic acids is 1. The van der Waals surface area contributed by atoms with Crippen LogP contribution in [0.25, 0.3) is 0 Å². The summed E-state index contributed by atoms with van der Waals surface area (Å²) in [4.78, 5) is 34.8. The van der Waals surface area contributed by atoms with Gasteiger partial charge >= 0.3 is 11.9 Å². The van der Waals surface area contributed by atoms with Gasteiger partial charge in [0.1, 0.15) is 12.6 Å². The van der Waals surface area contributed by atoms with Crippen LogP contribution in [0.4, 0.5) is 0 Å². The van der Waals surface area contributed by atoms with E-state index in [0.29, 0.717) is 12.8 Å². The average molecular weight is 662 g/mol. The fourth-order valence-electron chi connectivity index (χ4n) is 5.90. The number of nitrogens with one attached hydrogen (secondary N) is 1. The van der Waals surface area contributed by atoms with Crippen molar-refractivity contribution in [1.82, 2.24) is 5.32 Å². The average Bonchev–Trinajstić information content (AvgIpc) is 3.05. The number of carboxylic acid groups (broad SMARTS) is 1. The van der Waals surface area contributed by atoms with E-state index in [4.69, 9.17) is 9.84 Å². The molecule has 0 aliphatic carbocycles. The van der Waals surface area contributed by atoms with E-state index < -0.39 is 5.97 Å². The number of carbonyl (C=O) groups excluding carboxylic acids is 2. The fourth-order valence-corrected chi connectivity index (χ4v) is 5.90. The number of unbranched alkanes of at least 4 members (excludes halogenated alkanes) is 21. The first-order chi connectivity index (χ1) is 23.0. The van der Waals surface area contributed by atoms with E-state index >= 15 is 0 Å². The number of rotatable bonds is 36. The third kappa shape index (κ3) is 36.6. The summed E-state index contributed by atoms with van der Waals surface area (Å²) in [6, 6.07) is 0. The molecule has 0 aromatic carbocycles. The normalized spacial score (nSPS) is 12.2. The van der Waals surface area contributed by atoms with E-state index in [1.54, 1.807) is 0 Å². The SMILES string of the molecule is CCCCCC/C=C\C/C=C\CCCCCCCCCC(=O)OC(CCCCCCCCC)CCCCCCCC(=O)NCC(=O)O. The molecule has 274 valence electrons. The summed E-state index contributed by atoms with van der Waals surface area (Å²) in [5, 5.41) is 11.1. The minimum absolute atomic E-state index is 0.0246. The van der Waals surface area contributed by atoms with Crippen LogP contribution in [0.2, 0.25) is 0 Å². The predicted octanol–water partition coefficient (Wildman–Crippen LogP) is 12.0. The first-order valence-electron chi connectivity index (χ1n) is 20.0. The lowest BCUT2D eigenvalue weighted by Gasteiger charge is -2.18. The Kier molecular flexibility index (Phi) is 35.1. The maximum absolute atomic E-state index is 12.7. The number of hydrogen-bond acceptors (Lipinski definition) is 4. The van der Waals surface area contributed by atoms with Crippen LogP contribution in [-0.2, 0) is 19.1 Å². The molecule has 6 heteroatoms. The Bertz CT molecular complexity index is 778. The zero-order valence-corrected chi connectivity index (χ0v) is 30.9. The molecule has 47 heavy (non-hydrogen) atoms. The van der Waals surface area contributed by atoms with Crippen LogP contribution in [0.3, 0.4) is 0 Å². The van der Waals surface area contributed by atoms with Gasteiger partial charge in [0.15, 0.2) is 0 Å². The smallest absolute Gasteiger partial charge is 0.322 e. The third-order valence-corrected chi connectivity index (χ3v) is 8.88. The van der Waals surface area contributed by atoms with Crippen LogP contribution in [-0.4, -0.2) is 35.6 Å². The summed E-state index contributed by atoms with van der Waals surface area (Å²) in [5.74, 6) is -1.24. The second kappa shape index (κ2) is 36.7. The number of amides is 1. The van der Waals surface area contributed by atoms with E-state index in [9.17, 15) is 14.4 Å². The van der Waals surface area contributed by atoms with Gasteiger partial charge < -0.3 is 15.2 Å². The second-order valence-electron chi connectivity index (χ2n) is 13.5. The number of ether oxygens (including phenoxy) is 1. The van der Waals surface area contributed by atoms with Crippen LogP contribution in [0.5, 0.6) is 0 Å². The van der Waals surface area contributed by atoms with Gasteiger partial charge in [-0.05, 0) is 70.6 Å². The highest BCUT2D eigenvalue weighted by Crippen LogP contribution is 2.19. The van der Waals surface area contributed by atoms with Crippen LogP contribution in [0, 0.1) is 0 Å². The standard InChI is InChI=1S/C41H75NO5/c1-3-5-7-9-11-12-13-14-15-16-17-18-19-20-21-23-28-32-36-41(46)47-38(33-29-25-22-10-8-6-4-2)34-30-26-24-27-31-35-39(43)42-37-40(44)45/h12-13,15-16,38H,3-11,14,17-37H2,1-2H3,(H,42,43)(H,44,45)/b13-12-,16-15-. The highest BCUT2D eigenvalue weighted by Gasteiger charge is 2.14. The van der Waals surface area contributed by atoms with Crippen LogP contribution < -0.4 is 5.32 Å². The summed E-state index contributed by atoms with van der Waals surface area (Å²) >= 11 is 0. The molecule has 0 bridgehead atoms. The molecule has 2 N–H and O–H groups in total. The Labute approximate surface area is 290 Å². The van der Waals surface area contributed by atoms with Crippen molar-refractivity contribution in [2.24, 2.45) is 0 Å². The number of carbonyl (C=O) groups is 3. The molecule has 0 aromatic rings. The van der Waals surface area contributed by atoms with E-state index in [1.165, 1.54) is 109 Å². The lowest BCUT2D eigenvalue weighted by Crippen LogP contribution is -2.28. The molecule has 0 spiro atoms. The number of esters is 1. The van der Waals surface area contributed by atoms with Gasteiger partial charge in [-0.3, -0.25) is 14.4 Å². The van der Waals surface area contributed by atoms with E-state index in [0.717, 1.165) is 70.6 Å². The zero-order chi connectivity index (χ0) is 34.5. The lowest BCUT2D eigenvalue weighted by atomic mass is 10.0. The minimum atomic E-state index is -1.02. The van der Waals surface area contributed by atoms with Crippen molar-refractivity contribution < 1.29 is 24.2 Å². The fraction of sp³-hybridized carbons (Fsp3) is 0.829. The molecule has 0 aromatic heterocycles. The Balaban J connectivity index is 4.01. The van der Waals surface area contributed by atoms with Crippen molar-refractivity contribution >= 4 is 17.8 Å². The van der Waals surface area contributed by atoms with Crippen molar-refractivity contribution in [3.63, 3.8) is 0 Å². The molecular formula is C41H75NO5. The summed E-state index contributed by atoms with van der Waals surface area (Å²) in [7, 11) is 0. The van der Waals surface area contributed by atoms with Crippen LogP contribution >= 0.6 is 0 Å². The summed E-state index contributed by atoms with van der Waals surface area (Å²) < 4.78 is 5.98. The molecule has 6 nitrogen and oxygen atoms in total. The van der Waals surface area contributed by atoms with Gasteiger partial charge in [-0.1, -0.05) is 147 Å². The zero-order valence-electron chi connectivity index (χ0n) is 30.9. The monoisotopic (exact) mass is 662 g/mol. The van der Waals surface area contributed by atoms with Gasteiger partial charge in [0, 0.05) is 12.8 Å². The molecule has 0 aliphatic rings. The van der Waals surface area contributed by atoms with E-state index in [2.05, 4.69) is 43.5 Å². The van der Waals surface area contributed by atoms with Gasteiger partial charge in [-0.2, -0.15) is 0 Å². The van der Waals surface area contributed by atoms with Gasteiger partial charge in [0.05, 0.1) is 0 Å². The maximum Gasteiger partial charge on any atom is 0.322 e. The third-order valence-electron chi connectivity index (χ3n) is 8.88. The highest BCUT2D eigenvalue weighted by molar-refractivity contribution is 5.80. The van der Waals surface area contributed by atoms with E-state index in [-0.39, 0.29) is 24.5 Å². The molecule has 0 saturated carbocycles. The first kappa shape index (κ1) is 44.9. The van der Waals surface area contributed by atoms with Crippen molar-refractivity contribution in [3.8, 4) is 0 Å². The number of aliphatic carboxylic acids is 1. The van der Waals surface area contributed by atoms with Crippen LogP contribution in [0.15, 0.2) is 24.3 Å². The van der Waals surface area contributed by atoms with Crippen molar-refractivity contribution in [2.75, 3.05) is 6.54 Å². The summed E-state index contributed by atoms with van der Waals surface area (Å²) in [6.07, 6.45) is 43.0. The predicted molar refractivity (Wildman–Crippen MR) is 199 cm³/mol. The molecule has 0 aliphatic heterocycles. The topological polar surface area (TPSA) is 92.7 Å². The van der Waals surface area contributed by atoms with Gasteiger partial charge in [0.25, 0.3) is 0 Å². The molecule has 1 atom stereocenters. The Morgan fingerprint density at radius 3 is 1.49 bits per heavy atom.